The van der Waals surface area contributed by atoms with Crippen LogP contribution in [-0.4, -0.2) is 53.3 Å². The van der Waals surface area contributed by atoms with Crippen molar-refractivity contribution in [2.75, 3.05) is 33.9 Å². The summed E-state index contributed by atoms with van der Waals surface area (Å²) >= 11 is 0. The van der Waals surface area contributed by atoms with Gasteiger partial charge in [-0.15, -0.1) is 0 Å². The minimum Gasteiger partial charge on any atom is -0.493 e. The molecule has 0 spiro atoms. The van der Waals surface area contributed by atoms with Crippen LogP contribution in [0.15, 0.2) is 23.3 Å². The van der Waals surface area contributed by atoms with Crippen molar-refractivity contribution in [1.82, 2.24) is 19.4 Å². The van der Waals surface area contributed by atoms with Gasteiger partial charge in [-0.1, -0.05) is 0 Å². The van der Waals surface area contributed by atoms with Crippen molar-refractivity contribution in [2.24, 2.45) is 0 Å². The summed E-state index contributed by atoms with van der Waals surface area (Å²) in [4.78, 5) is 22.9. The largest absolute Gasteiger partial charge is 0.493 e. The van der Waals surface area contributed by atoms with Crippen molar-refractivity contribution in [1.29, 1.82) is 0 Å². The monoisotopic (exact) mass is 342 g/mol. The molecule has 0 bridgehead atoms. The molecule has 0 atom stereocenters. The van der Waals surface area contributed by atoms with Gasteiger partial charge in [0.05, 0.1) is 26.1 Å². The van der Waals surface area contributed by atoms with Crippen molar-refractivity contribution < 1.29 is 9.47 Å². The smallest absolute Gasteiger partial charge is 0.277 e. The predicted molar refractivity (Wildman–Crippen MR) is 96.6 cm³/mol. The fourth-order valence-corrected chi connectivity index (χ4v) is 3.53. The normalized spacial score (nSPS) is 15.3. The number of hydrogen-bond acceptors (Lipinski definition) is 5. The summed E-state index contributed by atoms with van der Waals surface area (Å²) in [7, 11) is 3.19. The van der Waals surface area contributed by atoms with Crippen LogP contribution in [0.4, 0.5) is 0 Å². The predicted octanol–water partition coefficient (Wildman–Crippen LogP) is 1.99. The lowest BCUT2D eigenvalue weighted by molar-refractivity contribution is 0.320. The molecule has 1 N–H and O–H groups in total. The number of nitrogens with one attached hydrogen (secondary N) is 1. The van der Waals surface area contributed by atoms with Gasteiger partial charge in [0.1, 0.15) is 11.0 Å². The van der Waals surface area contributed by atoms with Gasteiger partial charge in [-0.25, -0.2) is 4.98 Å². The molecule has 7 nitrogen and oxygen atoms in total. The van der Waals surface area contributed by atoms with Crippen molar-refractivity contribution in [3.8, 4) is 11.5 Å². The molecule has 0 aliphatic carbocycles. The molecular weight excluding hydrogens is 320 g/mol. The Morgan fingerprint density at radius 1 is 1.12 bits per heavy atom. The maximum atomic E-state index is 12.8. The van der Waals surface area contributed by atoms with E-state index in [1.54, 1.807) is 25.1 Å². The van der Waals surface area contributed by atoms with Crippen molar-refractivity contribution in [3.05, 3.63) is 28.8 Å². The second-order valence-corrected chi connectivity index (χ2v) is 6.39. The van der Waals surface area contributed by atoms with Crippen molar-refractivity contribution in [3.63, 3.8) is 0 Å². The molecule has 3 heterocycles. The van der Waals surface area contributed by atoms with Gasteiger partial charge < -0.3 is 19.4 Å². The first-order valence-electron chi connectivity index (χ1n) is 8.56. The Kier molecular flexibility index (Phi) is 4.09. The molecule has 7 heteroatoms. The third kappa shape index (κ3) is 2.74. The molecule has 0 saturated carbocycles. The molecule has 132 valence electrons. The topological polar surface area (TPSA) is 72.4 Å². The van der Waals surface area contributed by atoms with Crippen LogP contribution in [-0.2, 0) is 6.54 Å². The van der Waals surface area contributed by atoms with Gasteiger partial charge in [0.25, 0.3) is 5.56 Å². The van der Waals surface area contributed by atoms with Crippen LogP contribution in [0.3, 0.4) is 0 Å². The number of likely N-dealkylation sites (tertiary alicyclic amines) is 1. The van der Waals surface area contributed by atoms with Gasteiger partial charge in [-0.05, 0) is 32.0 Å². The van der Waals surface area contributed by atoms with Crippen LogP contribution in [0.5, 0.6) is 11.5 Å². The van der Waals surface area contributed by atoms with Gasteiger partial charge in [0.15, 0.2) is 11.5 Å². The Morgan fingerprint density at radius 2 is 1.84 bits per heavy atom. The highest BCUT2D eigenvalue weighted by Gasteiger charge is 2.16. The number of methoxy groups -OCH3 is 2. The molecule has 0 amide bonds. The van der Waals surface area contributed by atoms with Gasteiger partial charge in [-0.2, -0.15) is 0 Å². The molecular formula is C18H22N4O3. The summed E-state index contributed by atoms with van der Waals surface area (Å²) in [6.45, 7) is 3.78. The zero-order valence-electron chi connectivity index (χ0n) is 14.5. The van der Waals surface area contributed by atoms with E-state index < -0.39 is 0 Å². The summed E-state index contributed by atoms with van der Waals surface area (Å²) in [6, 6.07) is 3.69. The van der Waals surface area contributed by atoms with E-state index in [2.05, 4.69) is 14.9 Å². The molecule has 25 heavy (non-hydrogen) atoms. The first kappa shape index (κ1) is 16.0. The number of fused-ring (bicyclic) bond motifs is 3. The molecule has 1 fully saturated rings. The van der Waals surface area contributed by atoms with E-state index in [4.69, 9.17) is 9.47 Å². The highest BCUT2D eigenvalue weighted by molar-refractivity contribution is 6.05. The van der Waals surface area contributed by atoms with Crippen LogP contribution in [0.25, 0.3) is 21.9 Å². The number of benzene rings is 1. The average molecular weight is 342 g/mol. The van der Waals surface area contributed by atoms with E-state index in [9.17, 15) is 4.79 Å². The standard InChI is InChI=1S/C18H22N4O3/c1-24-14-9-12-13(10-15(14)25-2)20-17-16(12)19-11-22(18(17)23)8-7-21-5-3-4-6-21/h9-11,20H,3-8H2,1-2H3. The van der Waals surface area contributed by atoms with E-state index in [1.807, 2.05) is 12.1 Å². The van der Waals surface area contributed by atoms with Crippen molar-refractivity contribution >= 4 is 21.9 Å². The Balaban J connectivity index is 1.75. The number of hydrogen-bond donors (Lipinski definition) is 1. The van der Waals surface area contributed by atoms with E-state index in [1.165, 1.54) is 12.8 Å². The second kappa shape index (κ2) is 6.40. The number of ether oxygens (including phenoxy) is 2. The lowest BCUT2D eigenvalue weighted by atomic mass is 10.2. The maximum Gasteiger partial charge on any atom is 0.277 e. The Morgan fingerprint density at radius 3 is 2.56 bits per heavy atom. The number of rotatable bonds is 5. The summed E-state index contributed by atoms with van der Waals surface area (Å²) < 4.78 is 12.4. The van der Waals surface area contributed by atoms with Gasteiger partial charge >= 0.3 is 0 Å². The Labute approximate surface area is 145 Å². The highest BCUT2D eigenvalue weighted by atomic mass is 16.5. The summed E-state index contributed by atoms with van der Waals surface area (Å²) in [5.74, 6) is 1.24. The van der Waals surface area contributed by atoms with Crippen LogP contribution in [0.1, 0.15) is 12.8 Å². The molecule has 4 rings (SSSR count). The SMILES string of the molecule is COc1cc2[nH]c3c(=O)n(CCN4CCCC4)cnc3c2cc1OC. The van der Waals surface area contributed by atoms with Crippen LogP contribution in [0, 0.1) is 0 Å². The molecule has 1 aliphatic heterocycles. The Bertz CT molecular complexity index is 970. The highest BCUT2D eigenvalue weighted by Crippen LogP contribution is 2.34. The maximum absolute atomic E-state index is 12.8. The lowest BCUT2D eigenvalue weighted by Crippen LogP contribution is -2.29. The molecule has 0 radical (unpaired) electrons. The first-order valence-corrected chi connectivity index (χ1v) is 8.56. The van der Waals surface area contributed by atoms with E-state index in [0.717, 1.165) is 30.5 Å². The number of nitrogens with zero attached hydrogens (tertiary/aromatic N) is 3. The number of aromatic nitrogens is 3. The molecule has 1 saturated heterocycles. The van der Waals surface area contributed by atoms with Gasteiger partial charge in [-0.3, -0.25) is 9.36 Å². The third-order valence-electron chi connectivity index (χ3n) is 4.93. The fraction of sp³-hybridized carbons (Fsp3) is 0.444. The minimum absolute atomic E-state index is 0.0432. The van der Waals surface area contributed by atoms with E-state index >= 15 is 0 Å². The Hall–Kier alpha value is -2.54. The summed E-state index contributed by atoms with van der Waals surface area (Å²) in [6.07, 6.45) is 4.14. The fourth-order valence-electron chi connectivity index (χ4n) is 3.53. The first-order chi connectivity index (χ1) is 12.2. The zero-order chi connectivity index (χ0) is 17.4. The molecule has 2 aromatic heterocycles. The lowest BCUT2D eigenvalue weighted by Gasteiger charge is -2.14. The zero-order valence-corrected chi connectivity index (χ0v) is 14.5. The van der Waals surface area contributed by atoms with Crippen LogP contribution < -0.4 is 15.0 Å². The van der Waals surface area contributed by atoms with E-state index in [0.29, 0.717) is 29.1 Å². The summed E-state index contributed by atoms with van der Waals surface area (Å²) in [5, 5.41) is 0.858. The number of aromatic amines is 1. The molecule has 3 aromatic rings. The van der Waals surface area contributed by atoms with Gasteiger partial charge in [0.2, 0.25) is 0 Å². The average Bonchev–Trinajstić information content (AvgIpc) is 3.27. The number of H-pyrrole nitrogens is 1. The quantitative estimate of drug-likeness (QED) is 0.768. The van der Waals surface area contributed by atoms with Crippen LogP contribution >= 0.6 is 0 Å². The van der Waals surface area contributed by atoms with Crippen LogP contribution in [0.2, 0.25) is 0 Å². The third-order valence-corrected chi connectivity index (χ3v) is 4.93. The second-order valence-electron chi connectivity index (χ2n) is 6.39. The van der Waals surface area contributed by atoms with Crippen molar-refractivity contribution in [2.45, 2.75) is 19.4 Å². The van der Waals surface area contributed by atoms with E-state index in [-0.39, 0.29) is 5.56 Å². The molecule has 1 aliphatic rings. The van der Waals surface area contributed by atoms with Gasteiger partial charge in [0, 0.05) is 24.5 Å². The molecule has 1 aromatic carbocycles. The minimum atomic E-state index is -0.0432. The summed E-state index contributed by atoms with van der Waals surface area (Å²) in [5.41, 5.74) is 1.96. The molecule has 0 unspecified atom stereocenters.